The van der Waals surface area contributed by atoms with Crippen LogP contribution in [0.25, 0.3) is 0 Å². The van der Waals surface area contributed by atoms with Crippen molar-refractivity contribution in [1.29, 1.82) is 0 Å². The van der Waals surface area contributed by atoms with Crippen LogP contribution in [0.3, 0.4) is 0 Å². The van der Waals surface area contributed by atoms with Crippen molar-refractivity contribution in [2.75, 3.05) is 26.0 Å². The Hall–Kier alpha value is -0.950. The maximum atomic E-state index is 11.3. The van der Waals surface area contributed by atoms with Gasteiger partial charge in [-0.3, -0.25) is 0 Å². The van der Waals surface area contributed by atoms with Crippen LogP contribution in [-0.4, -0.2) is 39.5 Å². The molecular formula is C14H21NO4S. The monoisotopic (exact) mass is 299 g/mol. The van der Waals surface area contributed by atoms with Crippen molar-refractivity contribution in [2.45, 2.75) is 18.4 Å². The highest BCUT2D eigenvalue weighted by atomic mass is 32.2. The minimum Gasteiger partial charge on any atom is -0.383 e. The van der Waals surface area contributed by atoms with Gasteiger partial charge in [0.15, 0.2) is 0 Å². The first-order valence-corrected chi connectivity index (χ1v) is 8.61. The van der Waals surface area contributed by atoms with Crippen molar-refractivity contribution < 1.29 is 18.3 Å². The number of hydrogen-bond donors (Lipinski definition) is 2. The van der Waals surface area contributed by atoms with Gasteiger partial charge in [-0.05, 0) is 24.3 Å². The quantitative estimate of drug-likeness (QED) is 0.845. The van der Waals surface area contributed by atoms with Crippen LogP contribution >= 0.6 is 0 Å². The molecule has 0 aliphatic carbocycles. The summed E-state index contributed by atoms with van der Waals surface area (Å²) in [5, 5.41) is 11.1. The Bertz CT molecular complexity index is 525. The van der Waals surface area contributed by atoms with Crippen LogP contribution in [0.4, 0.5) is 0 Å². The van der Waals surface area contributed by atoms with Crippen molar-refractivity contribution in [3.63, 3.8) is 0 Å². The molecule has 1 atom stereocenters. The van der Waals surface area contributed by atoms with E-state index in [0.29, 0.717) is 13.2 Å². The molecule has 0 spiro atoms. The Morgan fingerprint density at radius 2 is 1.90 bits per heavy atom. The van der Waals surface area contributed by atoms with Crippen LogP contribution in [0.1, 0.15) is 18.4 Å². The van der Waals surface area contributed by atoms with Crippen LogP contribution in [-0.2, 0) is 20.4 Å². The molecule has 112 valence electrons. The fraction of sp³-hybridized carbons (Fsp3) is 0.571. The Morgan fingerprint density at radius 3 is 2.45 bits per heavy atom. The average molecular weight is 299 g/mol. The number of hydrogen-bond acceptors (Lipinski definition) is 4. The molecule has 20 heavy (non-hydrogen) atoms. The van der Waals surface area contributed by atoms with Gasteiger partial charge in [-0.25, -0.2) is 13.1 Å². The number of nitrogens with one attached hydrogen (secondary N) is 1. The van der Waals surface area contributed by atoms with E-state index in [2.05, 4.69) is 4.72 Å². The second kappa shape index (κ2) is 6.22. The summed E-state index contributed by atoms with van der Waals surface area (Å²) in [6.07, 6.45) is 2.54. The number of aliphatic hydroxyl groups is 1. The van der Waals surface area contributed by atoms with Gasteiger partial charge < -0.3 is 9.84 Å². The van der Waals surface area contributed by atoms with Gasteiger partial charge in [0, 0.05) is 19.8 Å². The lowest BCUT2D eigenvalue weighted by Gasteiger charge is -2.38. The van der Waals surface area contributed by atoms with Gasteiger partial charge in [0.1, 0.15) is 5.60 Å². The van der Waals surface area contributed by atoms with Crippen molar-refractivity contribution in [3.05, 3.63) is 35.9 Å². The molecule has 0 aromatic heterocycles. The SMILES string of the molecule is CS(=O)(=O)NC[C@](O)(c1ccccc1)C1CCOCC1. The van der Waals surface area contributed by atoms with Gasteiger partial charge >= 0.3 is 0 Å². The zero-order valence-corrected chi connectivity index (χ0v) is 12.4. The van der Waals surface area contributed by atoms with Crippen LogP contribution < -0.4 is 4.72 Å². The summed E-state index contributed by atoms with van der Waals surface area (Å²) >= 11 is 0. The lowest BCUT2D eigenvalue weighted by Crippen LogP contribution is -2.47. The predicted molar refractivity (Wildman–Crippen MR) is 76.7 cm³/mol. The predicted octanol–water partition coefficient (Wildman–Crippen LogP) is 0.850. The maximum absolute atomic E-state index is 11.3. The number of sulfonamides is 1. The summed E-state index contributed by atoms with van der Waals surface area (Å²) < 4.78 is 30.5. The fourth-order valence-corrected chi connectivity index (χ4v) is 3.11. The summed E-state index contributed by atoms with van der Waals surface area (Å²) in [4.78, 5) is 0. The molecule has 1 aliphatic rings. The maximum Gasteiger partial charge on any atom is 0.208 e. The van der Waals surface area contributed by atoms with E-state index in [4.69, 9.17) is 4.74 Å². The van der Waals surface area contributed by atoms with Crippen LogP contribution in [0.15, 0.2) is 30.3 Å². The third-order valence-corrected chi connectivity index (χ3v) is 4.44. The summed E-state index contributed by atoms with van der Waals surface area (Å²) in [7, 11) is -3.35. The lowest BCUT2D eigenvalue weighted by molar-refractivity contribution is -0.0663. The van der Waals surface area contributed by atoms with Crippen molar-refractivity contribution in [2.24, 2.45) is 5.92 Å². The van der Waals surface area contributed by atoms with Crippen LogP contribution in [0.2, 0.25) is 0 Å². The molecule has 1 aromatic carbocycles. The molecule has 0 saturated carbocycles. The third-order valence-electron chi connectivity index (χ3n) is 3.77. The molecule has 0 unspecified atom stereocenters. The molecule has 1 fully saturated rings. The zero-order valence-electron chi connectivity index (χ0n) is 11.6. The molecule has 0 bridgehead atoms. The summed E-state index contributed by atoms with van der Waals surface area (Å²) in [5.41, 5.74) is -0.461. The topological polar surface area (TPSA) is 75.6 Å². The molecule has 1 aromatic rings. The third kappa shape index (κ3) is 3.79. The van der Waals surface area contributed by atoms with Gasteiger partial charge in [0.05, 0.1) is 6.26 Å². The Labute approximate surface area is 120 Å². The molecule has 5 nitrogen and oxygen atoms in total. The molecule has 1 heterocycles. The van der Waals surface area contributed by atoms with Gasteiger partial charge in [-0.2, -0.15) is 0 Å². The molecule has 0 radical (unpaired) electrons. The highest BCUT2D eigenvalue weighted by Gasteiger charge is 2.39. The summed E-state index contributed by atoms with van der Waals surface area (Å²) in [6.45, 7) is 1.18. The van der Waals surface area contributed by atoms with Gasteiger partial charge in [-0.15, -0.1) is 0 Å². The Morgan fingerprint density at radius 1 is 1.30 bits per heavy atom. The van der Waals surface area contributed by atoms with E-state index in [-0.39, 0.29) is 12.5 Å². The zero-order chi connectivity index (χ0) is 14.6. The summed E-state index contributed by atoms with van der Waals surface area (Å²) in [6, 6.07) is 9.23. The van der Waals surface area contributed by atoms with E-state index in [0.717, 1.165) is 24.7 Å². The van der Waals surface area contributed by atoms with E-state index in [1.807, 2.05) is 30.3 Å². The Kier molecular flexibility index (Phi) is 4.80. The highest BCUT2D eigenvalue weighted by Crippen LogP contribution is 2.35. The fourth-order valence-electron chi connectivity index (χ4n) is 2.63. The molecule has 0 amide bonds. The smallest absolute Gasteiger partial charge is 0.208 e. The normalized spacial score (nSPS) is 20.5. The van der Waals surface area contributed by atoms with Crippen molar-refractivity contribution >= 4 is 10.0 Å². The van der Waals surface area contributed by atoms with E-state index in [9.17, 15) is 13.5 Å². The molecular weight excluding hydrogens is 278 g/mol. The molecule has 6 heteroatoms. The van der Waals surface area contributed by atoms with Gasteiger partial charge in [0.25, 0.3) is 0 Å². The standard InChI is InChI=1S/C14H21NO4S/c1-20(17,18)15-11-14(16,12-5-3-2-4-6-12)13-7-9-19-10-8-13/h2-6,13,15-16H,7-11H2,1H3/t14-/m0/s1. The number of ether oxygens (including phenoxy) is 1. The molecule has 2 rings (SSSR count). The lowest BCUT2D eigenvalue weighted by atomic mass is 9.77. The number of rotatable bonds is 5. The first-order valence-electron chi connectivity index (χ1n) is 6.72. The van der Waals surface area contributed by atoms with Crippen LogP contribution in [0, 0.1) is 5.92 Å². The minimum atomic E-state index is -3.35. The first-order chi connectivity index (χ1) is 9.42. The molecule has 1 saturated heterocycles. The van der Waals surface area contributed by atoms with Gasteiger partial charge in [0.2, 0.25) is 10.0 Å². The van der Waals surface area contributed by atoms with Gasteiger partial charge in [-0.1, -0.05) is 30.3 Å². The van der Waals surface area contributed by atoms with Crippen LogP contribution in [0.5, 0.6) is 0 Å². The van der Waals surface area contributed by atoms with E-state index in [1.165, 1.54) is 0 Å². The highest BCUT2D eigenvalue weighted by molar-refractivity contribution is 7.88. The largest absolute Gasteiger partial charge is 0.383 e. The molecule has 1 aliphatic heterocycles. The average Bonchev–Trinajstić information content (AvgIpc) is 2.46. The van der Waals surface area contributed by atoms with Crippen molar-refractivity contribution in [1.82, 2.24) is 4.72 Å². The van der Waals surface area contributed by atoms with E-state index >= 15 is 0 Å². The van der Waals surface area contributed by atoms with E-state index in [1.54, 1.807) is 0 Å². The van der Waals surface area contributed by atoms with Crippen molar-refractivity contribution in [3.8, 4) is 0 Å². The molecule has 2 N–H and O–H groups in total. The second-order valence-electron chi connectivity index (χ2n) is 5.27. The number of benzene rings is 1. The second-order valence-corrected chi connectivity index (χ2v) is 7.10. The minimum absolute atomic E-state index is 0.0134. The Balaban J connectivity index is 2.27. The first kappa shape index (κ1) is 15.4. The van der Waals surface area contributed by atoms with E-state index < -0.39 is 15.6 Å². The summed E-state index contributed by atoms with van der Waals surface area (Å²) in [5.74, 6) is -0.0205.